The molecule has 0 radical (unpaired) electrons. The van der Waals surface area contributed by atoms with Gasteiger partial charge in [-0.3, -0.25) is 4.79 Å². The monoisotopic (exact) mass is 456 g/mol. The molecule has 33 heavy (non-hydrogen) atoms. The Kier molecular flexibility index (Phi) is 5.15. The van der Waals surface area contributed by atoms with Crippen LogP contribution in [0.2, 0.25) is 0 Å². The first kappa shape index (κ1) is 23.9. The summed E-state index contributed by atoms with van der Waals surface area (Å²) in [4.78, 5) is 12.8. The zero-order valence-electron chi connectivity index (χ0n) is 22.2. The normalized spacial score (nSPS) is 55.3. The van der Waals surface area contributed by atoms with Gasteiger partial charge < -0.3 is 10.2 Å². The van der Waals surface area contributed by atoms with Gasteiger partial charge in [0.25, 0.3) is 0 Å². The van der Waals surface area contributed by atoms with E-state index in [2.05, 4.69) is 54.5 Å². The Morgan fingerprint density at radius 3 is 2.27 bits per heavy atom. The summed E-state index contributed by atoms with van der Waals surface area (Å²) in [5, 5.41) is 21.4. The van der Waals surface area contributed by atoms with E-state index < -0.39 is 11.4 Å². The van der Waals surface area contributed by atoms with Crippen molar-refractivity contribution >= 4 is 5.97 Å². The highest BCUT2D eigenvalue weighted by atomic mass is 16.4. The van der Waals surface area contributed by atoms with E-state index >= 15 is 0 Å². The van der Waals surface area contributed by atoms with Crippen molar-refractivity contribution in [2.45, 2.75) is 112 Å². The summed E-state index contributed by atoms with van der Waals surface area (Å²) in [5.41, 5.74) is 1.46. The molecular formula is C30H48O3. The Morgan fingerprint density at radius 2 is 1.61 bits per heavy atom. The Balaban J connectivity index is 1.61. The van der Waals surface area contributed by atoms with E-state index in [1.807, 2.05) is 0 Å². The molecule has 186 valence electrons. The van der Waals surface area contributed by atoms with Crippen LogP contribution in [-0.2, 0) is 4.79 Å². The van der Waals surface area contributed by atoms with E-state index in [9.17, 15) is 15.0 Å². The van der Waals surface area contributed by atoms with Crippen LogP contribution in [0.1, 0.15) is 106 Å². The molecule has 5 rings (SSSR count). The molecule has 0 aromatic heterocycles. The molecular weight excluding hydrogens is 408 g/mol. The minimum Gasteiger partial charge on any atom is -0.481 e. The number of hydrogen-bond donors (Lipinski definition) is 2. The van der Waals surface area contributed by atoms with E-state index in [-0.39, 0.29) is 33.7 Å². The topological polar surface area (TPSA) is 57.5 Å². The highest BCUT2D eigenvalue weighted by molar-refractivity contribution is 5.76. The van der Waals surface area contributed by atoms with Crippen molar-refractivity contribution in [2.24, 2.45) is 56.7 Å². The largest absolute Gasteiger partial charge is 0.481 e. The van der Waals surface area contributed by atoms with Gasteiger partial charge in [0.15, 0.2) is 0 Å². The molecule has 0 aromatic rings. The zero-order valence-corrected chi connectivity index (χ0v) is 22.2. The van der Waals surface area contributed by atoms with E-state index in [0.717, 1.165) is 44.9 Å². The van der Waals surface area contributed by atoms with Crippen LogP contribution in [0.25, 0.3) is 0 Å². The van der Waals surface area contributed by atoms with Gasteiger partial charge in [-0.25, -0.2) is 0 Å². The molecule has 2 N–H and O–H groups in total. The Bertz CT molecular complexity index is 874. The number of aliphatic carboxylic acids is 1. The number of carboxylic acid groups (broad SMARTS) is 1. The molecule has 0 bridgehead atoms. The zero-order chi connectivity index (χ0) is 24.2. The lowest BCUT2D eigenvalue weighted by Gasteiger charge is -2.71. The van der Waals surface area contributed by atoms with Gasteiger partial charge in [0.1, 0.15) is 0 Å². The summed E-state index contributed by atoms with van der Waals surface area (Å²) >= 11 is 0. The first-order valence-electron chi connectivity index (χ1n) is 13.9. The molecule has 4 saturated carbocycles. The fourth-order valence-corrected chi connectivity index (χ4v) is 10.8. The van der Waals surface area contributed by atoms with Crippen molar-refractivity contribution in [3.05, 3.63) is 11.6 Å². The van der Waals surface area contributed by atoms with Crippen LogP contribution in [0.5, 0.6) is 0 Å². The average Bonchev–Trinajstić information content (AvgIpc) is 2.74. The number of rotatable bonds is 1. The summed E-state index contributed by atoms with van der Waals surface area (Å²) < 4.78 is 0. The number of allylic oxidation sites excluding steroid dienone is 2. The highest BCUT2D eigenvalue weighted by Crippen LogP contribution is 2.75. The molecule has 4 fully saturated rings. The predicted molar refractivity (Wildman–Crippen MR) is 133 cm³/mol. The van der Waals surface area contributed by atoms with E-state index in [1.165, 1.54) is 18.4 Å². The van der Waals surface area contributed by atoms with Gasteiger partial charge in [-0.05, 0) is 109 Å². The maximum atomic E-state index is 12.8. The van der Waals surface area contributed by atoms with Gasteiger partial charge >= 0.3 is 5.97 Å². The van der Waals surface area contributed by atoms with Gasteiger partial charge in [-0.1, -0.05) is 60.1 Å². The van der Waals surface area contributed by atoms with Crippen LogP contribution >= 0.6 is 0 Å². The second-order valence-corrected chi connectivity index (χ2v) is 14.5. The van der Waals surface area contributed by atoms with Gasteiger partial charge in [0.05, 0.1) is 11.5 Å². The lowest BCUT2D eigenvalue weighted by molar-refractivity contribution is -0.206. The quantitative estimate of drug-likeness (QED) is 0.414. The molecule has 0 saturated heterocycles. The molecule has 3 heteroatoms. The fraction of sp³-hybridized carbons (Fsp3) is 0.900. The number of fused-ring (bicyclic) bond motifs is 7. The Morgan fingerprint density at radius 1 is 0.909 bits per heavy atom. The summed E-state index contributed by atoms with van der Waals surface area (Å²) in [6.45, 7) is 17.0. The van der Waals surface area contributed by atoms with Gasteiger partial charge in [-0.15, -0.1) is 0 Å². The number of aliphatic hydroxyl groups is 1. The Labute approximate surface area is 201 Å². The van der Waals surface area contributed by atoms with Gasteiger partial charge in [0.2, 0.25) is 0 Å². The molecule has 0 amide bonds. The third-order valence-electron chi connectivity index (χ3n) is 13.4. The Hall–Kier alpha value is -0.830. The summed E-state index contributed by atoms with van der Waals surface area (Å²) in [6, 6.07) is 0. The number of hydrogen-bond acceptors (Lipinski definition) is 2. The van der Waals surface area contributed by atoms with E-state index in [1.54, 1.807) is 0 Å². The molecule has 0 aromatic carbocycles. The lowest BCUT2D eigenvalue weighted by Crippen LogP contribution is -2.65. The van der Waals surface area contributed by atoms with Gasteiger partial charge in [0, 0.05) is 0 Å². The second kappa shape index (κ2) is 7.11. The standard InChI is InChI=1S/C30H48O3/c1-18-10-15-30(25(32)33)17-16-28(6)20(24(30)19(18)2)8-9-22-27(5)13-12-23(31)26(3,4)21(27)11-14-29(22,28)7/h8,18-19,21-24,31H,9-17H2,1-7H3,(H,32,33)/t18-,19+,21-,22+,23+,24+,27+,28-,29+,30+/m1/s1. The molecule has 0 spiro atoms. The maximum Gasteiger partial charge on any atom is 0.310 e. The SMILES string of the molecule is C[C@H]1[C@H](C)CC[C@]2(C(=O)O)CC[C@]3(C)C(=CC[C@H]4[C@@]5(C)CC[C@H](O)C(C)(C)[C@H]5CC[C@@]43C)[C@H]12. The van der Waals surface area contributed by atoms with E-state index in [4.69, 9.17) is 0 Å². The van der Waals surface area contributed by atoms with Gasteiger partial charge in [-0.2, -0.15) is 0 Å². The summed E-state index contributed by atoms with van der Waals surface area (Å²) in [7, 11) is 0. The van der Waals surface area contributed by atoms with Crippen LogP contribution in [0.15, 0.2) is 11.6 Å². The third kappa shape index (κ3) is 2.75. The first-order chi connectivity index (χ1) is 15.3. The van der Waals surface area contributed by atoms with Crippen molar-refractivity contribution in [1.29, 1.82) is 0 Å². The summed E-state index contributed by atoms with van der Waals surface area (Å²) in [6.07, 6.45) is 11.6. The van der Waals surface area contributed by atoms with Crippen molar-refractivity contribution in [3.63, 3.8) is 0 Å². The van der Waals surface area contributed by atoms with Crippen LogP contribution in [-0.4, -0.2) is 22.3 Å². The maximum absolute atomic E-state index is 12.8. The van der Waals surface area contributed by atoms with Crippen molar-refractivity contribution < 1.29 is 15.0 Å². The van der Waals surface area contributed by atoms with Crippen molar-refractivity contribution in [2.75, 3.05) is 0 Å². The van der Waals surface area contributed by atoms with Crippen molar-refractivity contribution in [3.8, 4) is 0 Å². The van der Waals surface area contributed by atoms with Crippen LogP contribution in [0, 0.1) is 56.7 Å². The fourth-order valence-electron chi connectivity index (χ4n) is 10.8. The van der Waals surface area contributed by atoms with Crippen molar-refractivity contribution in [1.82, 2.24) is 0 Å². The summed E-state index contributed by atoms with van der Waals surface area (Å²) in [5.74, 6) is 1.82. The smallest absolute Gasteiger partial charge is 0.310 e. The van der Waals surface area contributed by atoms with E-state index in [0.29, 0.717) is 23.7 Å². The van der Waals surface area contributed by atoms with Crippen LogP contribution in [0.4, 0.5) is 0 Å². The average molecular weight is 457 g/mol. The molecule has 3 nitrogen and oxygen atoms in total. The molecule has 0 aliphatic heterocycles. The molecule has 10 atom stereocenters. The highest BCUT2D eigenvalue weighted by Gasteiger charge is 2.69. The number of carbonyl (C=O) groups is 1. The molecule has 0 unspecified atom stereocenters. The third-order valence-corrected chi connectivity index (χ3v) is 13.4. The first-order valence-corrected chi connectivity index (χ1v) is 13.9. The molecule has 5 aliphatic carbocycles. The minimum absolute atomic E-state index is 0.0302. The number of carboxylic acids is 1. The van der Waals surface area contributed by atoms with Crippen LogP contribution < -0.4 is 0 Å². The predicted octanol–water partition coefficient (Wildman–Crippen LogP) is 7.09. The van der Waals surface area contributed by atoms with Crippen LogP contribution in [0.3, 0.4) is 0 Å². The minimum atomic E-state index is -0.557. The molecule has 5 aliphatic rings. The number of aliphatic hydroxyl groups excluding tert-OH is 1. The molecule has 0 heterocycles. The second-order valence-electron chi connectivity index (χ2n) is 14.5. The lowest BCUT2D eigenvalue weighted by atomic mass is 9.33.